The Morgan fingerprint density at radius 1 is 1.19 bits per heavy atom. The van der Waals surface area contributed by atoms with E-state index in [9.17, 15) is 22.8 Å². The molecule has 0 aliphatic carbocycles. The van der Waals surface area contributed by atoms with E-state index in [2.05, 4.69) is 19.7 Å². The highest BCUT2D eigenvalue weighted by Crippen LogP contribution is 2.28. The van der Waals surface area contributed by atoms with E-state index in [1.165, 1.54) is 4.57 Å². The standard InChI is InChI=1S/C15H17F3N6O3/c16-15(17,18)13-20-19-11(27-13)8-23-14(26)24-9(4-3-5-10(24)21-23)12(25)22-6-1-2-7-22/h9H,1-8H2/t9-/m0/s1. The second-order valence-corrected chi connectivity index (χ2v) is 6.67. The van der Waals surface area contributed by atoms with Crippen molar-refractivity contribution in [2.24, 2.45) is 0 Å². The number of halogens is 3. The first-order chi connectivity index (χ1) is 12.8. The molecule has 1 atom stereocenters. The molecule has 0 radical (unpaired) electrons. The van der Waals surface area contributed by atoms with Crippen LogP contribution in [0.15, 0.2) is 9.21 Å². The van der Waals surface area contributed by atoms with E-state index in [-0.39, 0.29) is 18.3 Å². The van der Waals surface area contributed by atoms with Crippen molar-refractivity contribution in [2.75, 3.05) is 13.1 Å². The number of rotatable bonds is 3. The first-order valence-corrected chi connectivity index (χ1v) is 8.71. The molecule has 9 nitrogen and oxygen atoms in total. The number of carbonyl (C=O) groups is 1. The van der Waals surface area contributed by atoms with Gasteiger partial charge in [-0.05, 0) is 25.7 Å². The molecule has 0 N–H and O–H groups in total. The van der Waals surface area contributed by atoms with Gasteiger partial charge in [0.25, 0.3) is 0 Å². The zero-order valence-electron chi connectivity index (χ0n) is 14.3. The quantitative estimate of drug-likeness (QED) is 0.780. The van der Waals surface area contributed by atoms with Crippen LogP contribution in [0.5, 0.6) is 0 Å². The molecule has 1 saturated heterocycles. The molecule has 0 saturated carbocycles. The molecule has 12 heteroatoms. The number of aryl methyl sites for hydroxylation is 1. The van der Waals surface area contributed by atoms with Crippen LogP contribution in [0.3, 0.4) is 0 Å². The van der Waals surface area contributed by atoms with Gasteiger partial charge in [0.1, 0.15) is 18.4 Å². The SMILES string of the molecule is O=C([C@@H]1CCCc2nn(Cc3nnc(C(F)(F)F)o3)c(=O)n21)N1CCCC1. The highest BCUT2D eigenvalue weighted by Gasteiger charge is 2.38. The van der Waals surface area contributed by atoms with Crippen LogP contribution in [-0.4, -0.2) is 48.4 Å². The number of fused-ring (bicyclic) bond motifs is 1. The highest BCUT2D eigenvalue weighted by molar-refractivity contribution is 5.80. The molecule has 0 aromatic carbocycles. The van der Waals surface area contributed by atoms with Gasteiger partial charge in [0.2, 0.25) is 11.8 Å². The Labute approximate surface area is 150 Å². The number of carbonyl (C=O) groups excluding carboxylic acids is 1. The van der Waals surface area contributed by atoms with Crippen LogP contribution in [-0.2, 0) is 23.9 Å². The van der Waals surface area contributed by atoms with E-state index in [0.717, 1.165) is 17.5 Å². The normalized spacial score (nSPS) is 20.1. The maximum absolute atomic E-state index is 12.8. The van der Waals surface area contributed by atoms with Gasteiger partial charge in [0.05, 0.1) is 0 Å². The van der Waals surface area contributed by atoms with E-state index in [1.807, 2.05) is 0 Å². The Hall–Kier alpha value is -2.66. The second kappa shape index (κ2) is 6.50. The van der Waals surface area contributed by atoms with E-state index in [0.29, 0.717) is 38.2 Å². The number of alkyl halides is 3. The molecular weight excluding hydrogens is 369 g/mol. The number of hydrogen-bond acceptors (Lipinski definition) is 6. The van der Waals surface area contributed by atoms with Crippen molar-refractivity contribution >= 4 is 5.91 Å². The number of amides is 1. The van der Waals surface area contributed by atoms with Crippen LogP contribution >= 0.6 is 0 Å². The first kappa shape index (κ1) is 17.7. The minimum atomic E-state index is -4.75. The second-order valence-electron chi connectivity index (χ2n) is 6.67. The molecule has 0 spiro atoms. The molecule has 4 heterocycles. The minimum Gasteiger partial charge on any atom is -0.415 e. The van der Waals surface area contributed by atoms with E-state index in [4.69, 9.17) is 0 Å². The van der Waals surface area contributed by atoms with E-state index >= 15 is 0 Å². The van der Waals surface area contributed by atoms with Crippen molar-refractivity contribution in [3.05, 3.63) is 28.1 Å². The molecule has 0 unspecified atom stereocenters. The summed E-state index contributed by atoms with van der Waals surface area (Å²) in [7, 11) is 0. The van der Waals surface area contributed by atoms with Crippen molar-refractivity contribution in [3.63, 3.8) is 0 Å². The van der Waals surface area contributed by atoms with Gasteiger partial charge in [0, 0.05) is 19.5 Å². The van der Waals surface area contributed by atoms with E-state index < -0.39 is 23.8 Å². The summed E-state index contributed by atoms with van der Waals surface area (Å²) in [5.74, 6) is -1.51. The van der Waals surface area contributed by atoms with Crippen LogP contribution < -0.4 is 5.69 Å². The van der Waals surface area contributed by atoms with Gasteiger partial charge < -0.3 is 9.32 Å². The lowest BCUT2D eigenvalue weighted by atomic mass is 10.0. The molecule has 0 bridgehead atoms. The van der Waals surface area contributed by atoms with Crippen molar-refractivity contribution in [1.82, 2.24) is 29.4 Å². The number of nitrogens with zero attached hydrogens (tertiary/aromatic N) is 6. The third-order valence-electron chi connectivity index (χ3n) is 4.83. The van der Waals surface area contributed by atoms with Crippen LogP contribution in [0.2, 0.25) is 0 Å². The van der Waals surface area contributed by atoms with E-state index in [1.54, 1.807) is 4.90 Å². The molecule has 27 heavy (non-hydrogen) atoms. The van der Waals surface area contributed by atoms with Gasteiger partial charge in [-0.15, -0.1) is 10.2 Å². The average molecular weight is 386 g/mol. The minimum absolute atomic E-state index is 0.104. The molecule has 146 valence electrons. The summed E-state index contributed by atoms with van der Waals surface area (Å²) in [5.41, 5.74) is -0.561. The number of aromatic nitrogens is 5. The summed E-state index contributed by atoms with van der Waals surface area (Å²) in [5, 5.41) is 10.4. The molecule has 1 fully saturated rings. The van der Waals surface area contributed by atoms with Gasteiger partial charge in [0.15, 0.2) is 0 Å². The molecule has 2 aromatic rings. The largest absolute Gasteiger partial charge is 0.470 e. The molecule has 2 aliphatic rings. The number of hydrogen-bond donors (Lipinski definition) is 0. The Kier molecular flexibility index (Phi) is 4.27. The van der Waals surface area contributed by atoms with Crippen LogP contribution in [0.1, 0.15) is 49.3 Å². The van der Waals surface area contributed by atoms with Gasteiger partial charge in [-0.3, -0.25) is 9.36 Å². The van der Waals surface area contributed by atoms with Crippen LogP contribution in [0, 0.1) is 0 Å². The fourth-order valence-corrected chi connectivity index (χ4v) is 3.58. The number of likely N-dealkylation sites (tertiary alicyclic amines) is 1. The molecule has 1 amide bonds. The average Bonchev–Trinajstić information content (AvgIpc) is 3.35. The monoisotopic (exact) mass is 386 g/mol. The molecule has 2 aliphatic heterocycles. The lowest BCUT2D eigenvalue weighted by Crippen LogP contribution is -2.41. The van der Waals surface area contributed by atoms with Crippen LogP contribution in [0.25, 0.3) is 0 Å². The Balaban J connectivity index is 1.61. The lowest BCUT2D eigenvalue weighted by Gasteiger charge is -2.27. The lowest BCUT2D eigenvalue weighted by molar-refractivity contribution is -0.157. The molecule has 2 aromatic heterocycles. The Morgan fingerprint density at radius 3 is 2.59 bits per heavy atom. The zero-order valence-corrected chi connectivity index (χ0v) is 14.3. The smallest absolute Gasteiger partial charge is 0.415 e. The molecule has 4 rings (SSSR count). The summed E-state index contributed by atoms with van der Waals surface area (Å²) >= 11 is 0. The maximum Gasteiger partial charge on any atom is 0.470 e. The van der Waals surface area contributed by atoms with Crippen molar-refractivity contribution < 1.29 is 22.4 Å². The maximum atomic E-state index is 12.8. The summed E-state index contributed by atoms with van der Waals surface area (Å²) in [4.78, 5) is 27.2. The predicted octanol–water partition coefficient (Wildman–Crippen LogP) is 0.995. The fraction of sp³-hybridized carbons (Fsp3) is 0.667. The summed E-state index contributed by atoms with van der Waals surface area (Å²) in [6, 6.07) is -0.624. The zero-order chi connectivity index (χ0) is 19.2. The summed E-state index contributed by atoms with van der Waals surface area (Å²) in [6.45, 7) is 0.970. The predicted molar refractivity (Wildman–Crippen MR) is 82.7 cm³/mol. The van der Waals surface area contributed by atoms with Gasteiger partial charge in [-0.25, -0.2) is 9.48 Å². The summed E-state index contributed by atoms with van der Waals surface area (Å²) in [6.07, 6.45) is -1.11. The van der Waals surface area contributed by atoms with Crippen molar-refractivity contribution in [1.29, 1.82) is 0 Å². The van der Waals surface area contributed by atoms with Crippen molar-refractivity contribution in [3.8, 4) is 0 Å². The Morgan fingerprint density at radius 2 is 1.93 bits per heavy atom. The first-order valence-electron chi connectivity index (χ1n) is 8.71. The van der Waals surface area contributed by atoms with Gasteiger partial charge >= 0.3 is 17.8 Å². The van der Waals surface area contributed by atoms with Crippen molar-refractivity contribution in [2.45, 2.75) is 50.9 Å². The third kappa shape index (κ3) is 3.23. The fourth-order valence-electron chi connectivity index (χ4n) is 3.58. The summed E-state index contributed by atoms with van der Waals surface area (Å²) < 4.78 is 44.6. The van der Waals surface area contributed by atoms with Crippen LogP contribution in [0.4, 0.5) is 13.2 Å². The van der Waals surface area contributed by atoms with Gasteiger partial charge in [-0.2, -0.15) is 18.3 Å². The highest BCUT2D eigenvalue weighted by atomic mass is 19.4. The topological polar surface area (TPSA) is 99.0 Å². The van der Waals surface area contributed by atoms with Gasteiger partial charge in [-0.1, -0.05) is 0 Å². The Bertz CT molecular complexity index is 909. The molecular formula is C15H17F3N6O3. The third-order valence-corrected chi connectivity index (χ3v) is 4.83.